The number of carbonyl (C=O) groups is 6. The maximum atomic E-state index is 12.4. The molecule has 1 aromatic rings. The van der Waals surface area contributed by atoms with Crippen LogP contribution in [0, 0.1) is 0 Å². The Balaban J connectivity index is 2.44. The van der Waals surface area contributed by atoms with E-state index in [9.17, 15) is 28.8 Å². The van der Waals surface area contributed by atoms with Crippen LogP contribution in [0.3, 0.4) is 0 Å². The summed E-state index contributed by atoms with van der Waals surface area (Å²) < 4.78 is 0. The lowest BCUT2D eigenvalue weighted by Crippen LogP contribution is -2.48. The van der Waals surface area contributed by atoms with Crippen molar-refractivity contribution >= 4 is 62.8 Å². The highest BCUT2D eigenvalue weighted by atomic mass is 33.1. The van der Waals surface area contributed by atoms with Crippen LogP contribution in [0.4, 0.5) is 5.69 Å². The fraction of sp³-hybridized carbons (Fsp3) is 0.455. The number of nitrogens with one attached hydrogen (secondary N) is 4. The minimum absolute atomic E-state index is 0.0635. The molecule has 0 heterocycles. The molecular formula is C22H30N4O8S2. The van der Waals surface area contributed by atoms with Gasteiger partial charge in [0.2, 0.25) is 17.7 Å². The summed E-state index contributed by atoms with van der Waals surface area (Å²) in [5.74, 6) is -4.27. The summed E-state index contributed by atoms with van der Waals surface area (Å²) in [7, 11) is 3.01. The molecule has 0 saturated heterocycles. The van der Waals surface area contributed by atoms with Crippen LogP contribution in [0.2, 0.25) is 0 Å². The van der Waals surface area contributed by atoms with Crippen molar-refractivity contribution in [3.05, 3.63) is 29.8 Å². The molecule has 1 rings (SSSR count). The van der Waals surface area contributed by atoms with Gasteiger partial charge in [0.1, 0.15) is 6.04 Å². The van der Waals surface area contributed by atoms with Gasteiger partial charge in [0, 0.05) is 31.0 Å². The van der Waals surface area contributed by atoms with Crippen molar-refractivity contribution in [3.8, 4) is 0 Å². The Morgan fingerprint density at radius 3 is 2.22 bits per heavy atom. The second kappa shape index (κ2) is 17.2. The normalized spacial score (nSPS) is 11.1. The lowest BCUT2D eigenvalue weighted by molar-refractivity contribution is -0.147. The van der Waals surface area contributed by atoms with E-state index >= 15 is 0 Å². The lowest BCUT2D eigenvalue weighted by Gasteiger charge is -2.17. The van der Waals surface area contributed by atoms with Gasteiger partial charge in [-0.2, -0.15) is 0 Å². The van der Waals surface area contributed by atoms with Crippen molar-refractivity contribution in [2.45, 2.75) is 38.6 Å². The summed E-state index contributed by atoms with van der Waals surface area (Å²) in [5.41, 5.74) is 1.06. The Morgan fingerprint density at radius 2 is 1.61 bits per heavy atom. The monoisotopic (exact) mass is 542 g/mol. The molecule has 0 bridgehead atoms. The second-order valence-electron chi connectivity index (χ2n) is 7.40. The molecule has 0 spiro atoms. The van der Waals surface area contributed by atoms with Crippen LogP contribution in [-0.4, -0.2) is 76.4 Å². The third-order valence-corrected chi connectivity index (χ3v) is 6.86. The number of hydrogen-bond donors (Lipinski definition) is 6. The Labute approximate surface area is 216 Å². The van der Waals surface area contributed by atoms with Crippen molar-refractivity contribution in [1.82, 2.24) is 16.0 Å². The number of anilines is 1. The first-order valence-corrected chi connectivity index (χ1v) is 13.5. The number of rotatable bonds is 16. The molecule has 0 aliphatic carbocycles. The molecule has 4 amide bonds. The molecule has 1 atom stereocenters. The molecule has 12 nitrogen and oxygen atoms in total. The van der Waals surface area contributed by atoms with Crippen molar-refractivity contribution in [2.24, 2.45) is 0 Å². The van der Waals surface area contributed by atoms with E-state index in [1.807, 2.05) is 6.92 Å². The number of amides is 4. The third-order valence-electron chi connectivity index (χ3n) is 4.38. The smallest absolute Gasteiger partial charge is 0.394 e. The minimum Gasteiger partial charge on any atom is -0.481 e. The van der Waals surface area contributed by atoms with Crippen LogP contribution in [0.1, 0.15) is 31.7 Å². The van der Waals surface area contributed by atoms with E-state index < -0.39 is 42.1 Å². The molecule has 198 valence electrons. The van der Waals surface area contributed by atoms with Gasteiger partial charge in [0.05, 0.1) is 12.2 Å². The summed E-state index contributed by atoms with van der Waals surface area (Å²) in [4.78, 5) is 69.2. The van der Waals surface area contributed by atoms with Gasteiger partial charge in [0.15, 0.2) is 0 Å². The first-order chi connectivity index (χ1) is 17.1. The van der Waals surface area contributed by atoms with Crippen molar-refractivity contribution in [3.63, 3.8) is 0 Å². The van der Waals surface area contributed by atoms with Gasteiger partial charge < -0.3 is 31.5 Å². The number of benzene rings is 1. The van der Waals surface area contributed by atoms with Gasteiger partial charge in [-0.05, 0) is 30.5 Å². The molecule has 0 aliphatic heterocycles. The Hall–Kier alpha value is -3.26. The average molecular weight is 543 g/mol. The molecule has 0 saturated carbocycles. The third kappa shape index (κ3) is 13.6. The molecule has 0 aromatic heterocycles. The van der Waals surface area contributed by atoms with Crippen LogP contribution in [0.5, 0.6) is 0 Å². The fourth-order valence-corrected chi connectivity index (χ4v) is 4.65. The molecule has 14 heteroatoms. The van der Waals surface area contributed by atoms with Crippen molar-refractivity contribution in [1.29, 1.82) is 0 Å². The minimum atomic E-state index is -1.61. The SMILES string of the molecule is CCCSSCC(=O)NCCC(=O)N[C@@H](CC(=O)O)C(=O)NCCc1ccc(NC(=O)C(=O)O)cc1. The second-order valence-corrected chi connectivity index (χ2v) is 9.98. The van der Waals surface area contributed by atoms with Gasteiger partial charge >= 0.3 is 17.8 Å². The molecular weight excluding hydrogens is 512 g/mol. The predicted octanol–water partition coefficient (Wildman–Crippen LogP) is 0.626. The van der Waals surface area contributed by atoms with E-state index in [1.54, 1.807) is 22.9 Å². The first kappa shape index (κ1) is 30.8. The van der Waals surface area contributed by atoms with E-state index in [0.29, 0.717) is 12.1 Å². The highest BCUT2D eigenvalue weighted by molar-refractivity contribution is 8.76. The zero-order chi connectivity index (χ0) is 26.9. The number of carboxylic acid groups (broad SMARTS) is 2. The molecule has 36 heavy (non-hydrogen) atoms. The number of carbonyl (C=O) groups excluding carboxylic acids is 4. The number of carboxylic acids is 2. The molecule has 0 radical (unpaired) electrons. The Morgan fingerprint density at radius 1 is 0.917 bits per heavy atom. The number of hydrogen-bond acceptors (Lipinski definition) is 8. The fourth-order valence-electron chi connectivity index (χ4n) is 2.65. The summed E-state index contributed by atoms with van der Waals surface area (Å²) >= 11 is 0. The van der Waals surface area contributed by atoms with E-state index in [4.69, 9.17) is 10.2 Å². The predicted molar refractivity (Wildman–Crippen MR) is 136 cm³/mol. The van der Waals surface area contributed by atoms with Crippen LogP contribution < -0.4 is 21.3 Å². The summed E-state index contributed by atoms with van der Waals surface area (Å²) in [6.45, 7) is 2.25. The van der Waals surface area contributed by atoms with Gasteiger partial charge in [0.25, 0.3) is 0 Å². The maximum absolute atomic E-state index is 12.4. The highest BCUT2D eigenvalue weighted by Crippen LogP contribution is 2.21. The van der Waals surface area contributed by atoms with Gasteiger partial charge in [-0.15, -0.1) is 0 Å². The molecule has 0 aliphatic rings. The zero-order valence-corrected chi connectivity index (χ0v) is 21.3. The standard InChI is InChI=1S/C22H30N4O8S2/c1-2-11-35-36-13-18(28)23-10-8-17(27)26-16(12-19(29)30)20(31)24-9-7-14-3-5-15(6-4-14)25-21(32)22(33)34/h3-6,16H,2,7-13H2,1H3,(H,23,28)(H,24,31)(H,25,32)(H,26,27)(H,29,30)(H,33,34)/t16-/m0/s1. The van der Waals surface area contributed by atoms with E-state index in [1.165, 1.54) is 22.9 Å². The molecule has 1 aromatic carbocycles. The average Bonchev–Trinajstić information content (AvgIpc) is 2.82. The Bertz CT molecular complexity index is 927. The van der Waals surface area contributed by atoms with Crippen LogP contribution in [0.15, 0.2) is 24.3 Å². The highest BCUT2D eigenvalue weighted by Gasteiger charge is 2.23. The molecule has 6 N–H and O–H groups in total. The van der Waals surface area contributed by atoms with Gasteiger partial charge in [-0.1, -0.05) is 40.6 Å². The Kier molecular flexibility index (Phi) is 14.7. The number of aliphatic carboxylic acids is 2. The van der Waals surface area contributed by atoms with Crippen LogP contribution in [0.25, 0.3) is 0 Å². The topological polar surface area (TPSA) is 191 Å². The molecule has 0 unspecified atom stereocenters. The molecule has 0 fully saturated rings. The van der Waals surface area contributed by atoms with E-state index in [0.717, 1.165) is 17.7 Å². The van der Waals surface area contributed by atoms with Crippen LogP contribution >= 0.6 is 21.6 Å². The largest absolute Gasteiger partial charge is 0.481 e. The quantitative estimate of drug-likeness (QED) is 0.0981. The summed E-state index contributed by atoms with van der Waals surface area (Å²) in [6.07, 6.45) is 0.668. The maximum Gasteiger partial charge on any atom is 0.394 e. The van der Waals surface area contributed by atoms with E-state index in [-0.39, 0.29) is 31.2 Å². The first-order valence-electron chi connectivity index (χ1n) is 11.1. The summed E-state index contributed by atoms with van der Waals surface area (Å²) in [5, 5.41) is 27.4. The van der Waals surface area contributed by atoms with Gasteiger partial charge in [-0.3, -0.25) is 24.0 Å². The zero-order valence-electron chi connectivity index (χ0n) is 19.7. The van der Waals surface area contributed by atoms with Crippen molar-refractivity contribution < 1.29 is 39.0 Å². The lowest BCUT2D eigenvalue weighted by atomic mass is 10.1. The van der Waals surface area contributed by atoms with E-state index in [2.05, 4.69) is 21.3 Å². The van der Waals surface area contributed by atoms with Crippen molar-refractivity contribution in [2.75, 3.05) is 29.9 Å². The van der Waals surface area contributed by atoms with Crippen LogP contribution in [-0.2, 0) is 35.2 Å². The van der Waals surface area contributed by atoms with Gasteiger partial charge in [-0.25, -0.2) is 4.79 Å². The summed E-state index contributed by atoms with van der Waals surface area (Å²) in [6, 6.07) is 5.01.